The highest BCUT2D eigenvalue weighted by molar-refractivity contribution is 7.92. The average Bonchev–Trinajstić information content (AvgIpc) is 2.91. The van der Waals surface area contributed by atoms with Gasteiger partial charge in [0, 0.05) is 6.07 Å². The summed E-state index contributed by atoms with van der Waals surface area (Å²) < 4.78 is 44.7. The van der Waals surface area contributed by atoms with Crippen molar-refractivity contribution in [2.24, 2.45) is 0 Å². The van der Waals surface area contributed by atoms with Gasteiger partial charge < -0.3 is 19.5 Å². The molecule has 1 amide bonds. The summed E-state index contributed by atoms with van der Waals surface area (Å²) in [5.41, 5.74) is 1.28. The predicted octanol–water partition coefficient (Wildman–Crippen LogP) is 4.57. The predicted molar refractivity (Wildman–Crippen MR) is 139 cm³/mol. The lowest BCUT2D eigenvalue weighted by Gasteiger charge is -2.26. The summed E-state index contributed by atoms with van der Waals surface area (Å²) in [5.74, 6) is 0.841. The summed E-state index contributed by atoms with van der Waals surface area (Å²) in [6.07, 6.45) is 0.654. The van der Waals surface area contributed by atoms with Crippen LogP contribution in [0.25, 0.3) is 0 Å². The van der Waals surface area contributed by atoms with Crippen LogP contribution in [-0.2, 0) is 14.8 Å². The zero-order valence-corrected chi connectivity index (χ0v) is 21.7. The summed E-state index contributed by atoms with van der Waals surface area (Å²) in [7, 11) is -1.24. The van der Waals surface area contributed by atoms with Crippen molar-refractivity contribution < 1.29 is 27.4 Å². The van der Waals surface area contributed by atoms with Crippen LogP contribution < -0.4 is 23.8 Å². The van der Waals surface area contributed by atoms with Gasteiger partial charge >= 0.3 is 0 Å². The lowest BCUT2D eigenvalue weighted by atomic mass is 10.0. The average molecular weight is 513 g/mol. The summed E-state index contributed by atoms with van der Waals surface area (Å²) in [6.45, 7) is 3.90. The molecule has 3 aromatic rings. The Bertz CT molecular complexity index is 1250. The molecule has 1 N–H and O–H groups in total. The number of nitrogens with zero attached hydrogens (tertiary/aromatic N) is 1. The number of methoxy groups -OCH3 is 2. The summed E-state index contributed by atoms with van der Waals surface area (Å²) in [4.78, 5) is 13.1. The minimum Gasteiger partial charge on any atom is -0.494 e. The van der Waals surface area contributed by atoms with Crippen molar-refractivity contribution in [3.05, 3.63) is 78.4 Å². The number of rotatable bonds is 12. The lowest BCUT2D eigenvalue weighted by Crippen LogP contribution is -2.42. The highest BCUT2D eigenvalue weighted by atomic mass is 32.2. The SMILES string of the molecule is CCOc1ccc(N(CC(=O)N[C@H](CC)c2ccccc2)S(=O)(=O)c2ccc(OC)c(OC)c2)cc1. The van der Waals surface area contributed by atoms with E-state index in [4.69, 9.17) is 14.2 Å². The first-order chi connectivity index (χ1) is 17.3. The highest BCUT2D eigenvalue weighted by Gasteiger charge is 2.29. The zero-order chi connectivity index (χ0) is 26.1. The molecular weight excluding hydrogens is 480 g/mol. The van der Waals surface area contributed by atoms with Crippen LogP contribution in [0.4, 0.5) is 5.69 Å². The first kappa shape index (κ1) is 26.9. The maximum atomic E-state index is 13.8. The van der Waals surface area contributed by atoms with Gasteiger partial charge in [0.1, 0.15) is 12.3 Å². The molecule has 36 heavy (non-hydrogen) atoms. The fourth-order valence-corrected chi connectivity index (χ4v) is 5.21. The Kier molecular flexibility index (Phi) is 9.19. The van der Waals surface area contributed by atoms with Crippen LogP contribution in [0.2, 0.25) is 0 Å². The molecule has 0 saturated heterocycles. The summed E-state index contributed by atoms with van der Waals surface area (Å²) >= 11 is 0. The van der Waals surface area contributed by atoms with Gasteiger partial charge in [-0.25, -0.2) is 8.42 Å². The van der Waals surface area contributed by atoms with Gasteiger partial charge in [-0.1, -0.05) is 37.3 Å². The van der Waals surface area contributed by atoms with Crippen molar-refractivity contribution >= 4 is 21.6 Å². The number of carbonyl (C=O) groups excluding carboxylic acids is 1. The van der Waals surface area contributed by atoms with Gasteiger partial charge in [-0.3, -0.25) is 9.10 Å². The summed E-state index contributed by atoms with van der Waals surface area (Å²) in [6, 6.07) is 20.2. The molecule has 8 nitrogen and oxygen atoms in total. The summed E-state index contributed by atoms with van der Waals surface area (Å²) in [5, 5.41) is 2.96. The minimum absolute atomic E-state index is 0.0306. The van der Waals surface area contributed by atoms with E-state index in [-0.39, 0.29) is 16.7 Å². The van der Waals surface area contributed by atoms with Gasteiger partial charge in [-0.15, -0.1) is 0 Å². The number of amides is 1. The molecule has 0 spiro atoms. The monoisotopic (exact) mass is 512 g/mol. The largest absolute Gasteiger partial charge is 0.494 e. The van der Waals surface area contributed by atoms with Crippen LogP contribution in [-0.4, -0.2) is 41.7 Å². The molecule has 9 heteroatoms. The van der Waals surface area contributed by atoms with Crippen LogP contribution in [0.15, 0.2) is 77.7 Å². The lowest BCUT2D eigenvalue weighted by molar-refractivity contribution is -0.120. The number of nitrogens with one attached hydrogen (secondary N) is 1. The van der Waals surface area contributed by atoms with Crippen molar-refractivity contribution in [1.82, 2.24) is 5.32 Å². The van der Waals surface area contributed by atoms with Crippen molar-refractivity contribution in [2.75, 3.05) is 31.7 Å². The van der Waals surface area contributed by atoms with E-state index in [1.807, 2.05) is 44.2 Å². The van der Waals surface area contributed by atoms with Gasteiger partial charge in [0.25, 0.3) is 10.0 Å². The number of anilines is 1. The smallest absolute Gasteiger partial charge is 0.264 e. The van der Waals surface area contributed by atoms with Gasteiger partial charge in [-0.2, -0.15) is 0 Å². The third-order valence-corrected chi connectivity index (χ3v) is 7.38. The second-order valence-electron chi connectivity index (χ2n) is 7.89. The Morgan fingerprint density at radius 2 is 1.58 bits per heavy atom. The fourth-order valence-electron chi connectivity index (χ4n) is 3.77. The second-order valence-corrected chi connectivity index (χ2v) is 9.76. The standard InChI is InChI=1S/C27H32N2O6S/c1-5-24(20-10-8-7-9-11-20)28-27(30)19-29(21-12-14-22(15-13-21)35-6-2)36(31,32)23-16-17-25(33-3)26(18-23)34-4/h7-18,24H,5-6,19H2,1-4H3,(H,28,30)/t24-/m1/s1. The zero-order valence-electron chi connectivity index (χ0n) is 20.9. The van der Waals surface area contributed by atoms with Crippen LogP contribution in [0.5, 0.6) is 17.2 Å². The van der Waals surface area contributed by atoms with Gasteiger partial charge in [0.2, 0.25) is 5.91 Å². The number of sulfonamides is 1. The van der Waals surface area contributed by atoms with Crippen molar-refractivity contribution in [3.8, 4) is 17.2 Å². The topological polar surface area (TPSA) is 94.2 Å². The molecular formula is C27H32N2O6S. The number of benzene rings is 3. The van der Waals surface area contributed by atoms with E-state index in [1.165, 1.54) is 32.4 Å². The third-order valence-electron chi connectivity index (χ3n) is 5.61. The Morgan fingerprint density at radius 3 is 2.17 bits per heavy atom. The quantitative estimate of drug-likeness (QED) is 0.382. The van der Waals surface area contributed by atoms with Crippen LogP contribution in [0.3, 0.4) is 0 Å². The van der Waals surface area contributed by atoms with E-state index in [9.17, 15) is 13.2 Å². The van der Waals surface area contributed by atoms with Gasteiger partial charge in [0.05, 0.1) is 37.5 Å². The minimum atomic E-state index is -4.14. The molecule has 0 aliphatic heterocycles. The molecule has 3 aromatic carbocycles. The Balaban J connectivity index is 1.97. The fraction of sp³-hybridized carbons (Fsp3) is 0.296. The number of hydrogen-bond donors (Lipinski definition) is 1. The van der Waals surface area contributed by atoms with E-state index < -0.39 is 22.5 Å². The van der Waals surface area contributed by atoms with Crippen molar-refractivity contribution in [3.63, 3.8) is 0 Å². The van der Waals surface area contributed by atoms with Crippen molar-refractivity contribution in [1.29, 1.82) is 0 Å². The Labute approximate surface area is 212 Å². The maximum Gasteiger partial charge on any atom is 0.264 e. The Morgan fingerprint density at radius 1 is 0.917 bits per heavy atom. The molecule has 0 fully saturated rings. The molecule has 0 aliphatic rings. The third kappa shape index (κ3) is 6.28. The Hall–Kier alpha value is -3.72. The van der Waals surface area contributed by atoms with Gasteiger partial charge in [-0.05, 0) is 55.3 Å². The van der Waals surface area contributed by atoms with Crippen LogP contribution in [0, 0.1) is 0 Å². The van der Waals surface area contributed by atoms with E-state index >= 15 is 0 Å². The molecule has 0 radical (unpaired) electrons. The second kappa shape index (κ2) is 12.3. The first-order valence-corrected chi connectivity index (χ1v) is 13.1. The first-order valence-electron chi connectivity index (χ1n) is 11.7. The maximum absolute atomic E-state index is 13.8. The van der Waals surface area contributed by atoms with Crippen molar-refractivity contribution in [2.45, 2.75) is 31.2 Å². The molecule has 192 valence electrons. The van der Waals surface area contributed by atoms with E-state index in [2.05, 4.69) is 5.32 Å². The molecule has 0 saturated carbocycles. The molecule has 0 unspecified atom stereocenters. The molecule has 0 heterocycles. The van der Waals surface area contributed by atoms with Crippen LogP contribution in [0.1, 0.15) is 31.9 Å². The van der Waals surface area contributed by atoms with Gasteiger partial charge in [0.15, 0.2) is 11.5 Å². The van der Waals surface area contributed by atoms with E-state index in [0.717, 1.165) is 9.87 Å². The van der Waals surface area contributed by atoms with Crippen LogP contribution >= 0.6 is 0 Å². The molecule has 0 aromatic heterocycles. The number of ether oxygens (including phenoxy) is 3. The number of hydrogen-bond acceptors (Lipinski definition) is 6. The van der Waals surface area contributed by atoms with E-state index in [0.29, 0.717) is 30.2 Å². The number of carbonyl (C=O) groups is 1. The molecule has 0 bridgehead atoms. The molecule has 0 aliphatic carbocycles. The highest BCUT2D eigenvalue weighted by Crippen LogP contribution is 2.32. The molecule has 3 rings (SSSR count). The van der Waals surface area contributed by atoms with E-state index in [1.54, 1.807) is 24.3 Å². The normalized spacial score (nSPS) is 11.9. The molecule has 1 atom stereocenters.